The van der Waals surface area contributed by atoms with Gasteiger partial charge in [0.15, 0.2) is 0 Å². The highest BCUT2D eigenvalue weighted by Crippen LogP contribution is 2.34. The van der Waals surface area contributed by atoms with Gasteiger partial charge in [0, 0.05) is 12.8 Å². The minimum Gasteiger partial charge on any atom is -0.299 e. The molecule has 1 aliphatic carbocycles. The normalized spacial score (nSPS) is 17.3. The Kier molecular flexibility index (Phi) is 4.14. The van der Waals surface area contributed by atoms with E-state index in [1.807, 2.05) is 6.07 Å². The maximum Gasteiger partial charge on any atom is 0.137 e. The molecule has 0 radical (unpaired) electrons. The molecule has 1 unspecified atom stereocenters. The first-order valence-corrected chi connectivity index (χ1v) is 7.57. The summed E-state index contributed by atoms with van der Waals surface area (Å²) in [5.74, 6) is 0.144. The molecule has 0 N–H and O–H groups in total. The van der Waals surface area contributed by atoms with Crippen LogP contribution in [-0.4, -0.2) is 5.78 Å². The molecule has 21 heavy (non-hydrogen) atoms. The zero-order valence-corrected chi connectivity index (χ0v) is 12.0. The van der Waals surface area contributed by atoms with Crippen LogP contribution >= 0.6 is 0 Å². The first-order chi connectivity index (χ1) is 10.2. The summed E-state index contributed by atoms with van der Waals surface area (Å²) in [6.45, 7) is 0. The van der Waals surface area contributed by atoms with Gasteiger partial charge >= 0.3 is 0 Å². The van der Waals surface area contributed by atoms with Gasteiger partial charge < -0.3 is 0 Å². The fourth-order valence-corrected chi connectivity index (χ4v) is 3.27. The highest BCUT2D eigenvalue weighted by atomic mass is 19.1. The van der Waals surface area contributed by atoms with Gasteiger partial charge in [0.1, 0.15) is 11.6 Å². The summed E-state index contributed by atoms with van der Waals surface area (Å²) >= 11 is 0. The van der Waals surface area contributed by atoms with Crippen LogP contribution in [0.2, 0.25) is 0 Å². The molecule has 0 aromatic heterocycles. The maximum absolute atomic E-state index is 13.6. The van der Waals surface area contributed by atoms with Gasteiger partial charge in [-0.3, -0.25) is 4.79 Å². The molecule has 0 fully saturated rings. The van der Waals surface area contributed by atoms with Crippen molar-refractivity contribution in [3.05, 3.63) is 71.0 Å². The monoisotopic (exact) mass is 282 g/mol. The largest absolute Gasteiger partial charge is 0.299 e. The van der Waals surface area contributed by atoms with Crippen molar-refractivity contribution in [2.24, 2.45) is 0 Å². The van der Waals surface area contributed by atoms with Gasteiger partial charge in [0.25, 0.3) is 0 Å². The Morgan fingerprint density at radius 2 is 1.86 bits per heavy atom. The minimum absolute atomic E-state index is 0.127. The average Bonchev–Trinajstić information content (AvgIpc) is 2.50. The number of fused-ring (bicyclic) bond motifs is 1. The van der Waals surface area contributed by atoms with Gasteiger partial charge in [0.2, 0.25) is 0 Å². The molecule has 2 aromatic carbocycles. The summed E-state index contributed by atoms with van der Waals surface area (Å²) in [5, 5.41) is 0. The number of rotatable bonds is 4. The molecule has 0 saturated carbocycles. The molecule has 0 aliphatic heterocycles. The van der Waals surface area contributed by atoms with Crippen molar-refractivity contribution < 1.29 is 9.18 Å². The lowest BCUT2D eigenvalue weighted by Gasteiger charge is -2.25. The third-order valence-electron chi connectivity index (χ3n) is 4.31. The second-order valence-electron chi connectivity index (χ2n) is 5.80. The lowest BCUT2D eigenvalue weighted by atomic mass is 9.80. The third kappa shape index (κ3) is 3.21. The van der Waals surface area contributed by atoms with Crippen LogP contribution in [0.5, 0.6) is 0 Å². The molecule has 3 rings (SSSR count). The van der Waals surface area contributed by atoms with Crippen LogP contribution < -0.4 is 0 Å². The molecule has 0 bridgehead atoms. The van der Waals surface area contributed by atoms with Crippen LogP contribution in [0, 0.1) is 5.82 Å². The first-order valence-electron chi connectivity index (χ1n) is 7.57. The van der Waals surface area contributed by atoms with Crippen molar-refractivity contribution in [3.63, 3.8) is 0 Å². The maximum atomic E-state index is 13.6. The SMILES string of the molecule is O=C(Cc1ccccc1F)CC1CCCc2ccccc21. The minimum atomic E-state index is -0.283. The van der Waals surface area contributed by atoms with Crippen molar-refractivity contribution in [1.29, 1.82) is 0 Å². The highest BCUT2D eigenvalue weighted by Gasteiger charge is 2.22. The average molecular weight is 282 g/mol. The molecule has 1 nitrogen and oxygen atoms in total. The summed E-state index contributed by atoms with van der Waals surface area (Å²) in [6, 6.07) is 14.9. The fourth-order valence-electron chi connectivity index (χ4n) is 3.27. The predicted molar refractivity (Wildman–Crippen MR) is 81.8 cm³/mol. The van der Waals surface area contributed by atoms with E-state index in [4.69, 9.17) is 0 Å². The molecule has 1 atom stereocenters. The standard InChI is InChI=1S/C19H19FO/c20-19-11-4-2-7-16(19)13-17(21)12-15-9-5-8-14-6-1-3-10-18(14)15/h1-4,6-7,10-11,15H,5,8-9,12-13H2. The van der Waals surface area contributed by atoms with E-state index >= 15 is 0 Å². The van der Waals surface area contributed by atoms with E-state index in [0.29, 0.717) is 17.9 Å². The van der Waals surface area contributed by atoms with Crippen LogP contribution in [0.4, 0.5) is 4.39 Å². The molecular weight excluding hydrogens is 263 g/mol. The van der Waals surface area contributed by atoms with Crippen molar-refractivity contribution in [3.8, 4) is 0 Å². The van der Waals surface area contributed by atoms with E-state index < -0.39 is 0 Å². The van der Waals surface area contributed by atoms with Crippen LogP contribution in [-0.2, 0) is 17.6 Å². The number of aryl methyl sites for hydroxylation is 1. The highest BCUT2D eigenvalue weighted by molar-refractivity contribution is 5.81. The Morgan fingerprint density at radius 3 is 2.71 bits per heavy atom. The number of carbonyl (C=O) groups excluding carboxylic acids is 1. The van der Waals surface area contributed by atoms with Crippen molar-refractivity contribution in [1.82, 2.24) is 0 Å². The van der Waals surface area contributed by atoms with E-state index in [1.54, 1.807) is 18.2 Å². The molecule has 2 aromatic rings. The summed E-state index contributed by atoms with van der Waals surface area (Å²) in [5.41, 5.74) is 3.18. The smallest absolute Gasteiger partial charge is 0.137 e. The zero-order valence-electron chi connectivity index (χ0n) is 12.0. The number of hydrogen-bond donors (Lipinski definition) is 0. The number of Topliss-reactive ketones (excluding diaryl/α,β-unsaturated/α-hetero) is 1. The number of benzene rings is 2. The predicted octanol–water partition coefficient (Wildman–Crippen LogP) is 4.45. The Morgan fingerprint density at radius 1 is 1.10 bits per heavy atom. The van der Waals surface area contributed by atoms with E-state index in [2.05, 4.69) is 18.2 Å². The number of carbonyl (C=O) groups is 1. The second kappa shape index (κ2) is 6.21. The molecule has 0 spiro atoms. The second-order valence-corrected chi connectivity index (χ2v) is 5.80. The Labute approximate surface area is 124 Å². The topological polar surface area (TPSA) is 17.1 Å². The zero-order chi connectivity index (χ0) is 14.7. The number of halogens is 1. The van der Waals surface area contributed by atoms with E-state index in [9.17, 15) is 9.18 Å². The fraction of sp³-hybridized carbons (Fsp3) is 0.316. The first kappa shape index (κ1) is 14.0. The van der Waals surface area contributed by atoms with Crippen LogP contribution in [0.3, 0.4) is 0 Å². The molecule has 0 heterocycles. The van der Waals surface area contributed by atoms with Gasteiger partial charge in [0.05, 0.1) is 0 Å². The summed E-state index contributed by atoms with van der Waals surface area (Å²) in [6.07, 6.45) is 4.01. The summed E-state index contributed by atoms with van der Waals surface area (Å²) < 4.78 is 13.6. The molecular formula is C19H19FO. The lowest BCUT2D eigenvalue weighted by Crippen LogP contribution is -2.15. The van der Waals surface area contributed by atoms with E-state index in [1.165, 1.54) is 17.2 Å². The van der Waals surface area contributed by atoms with Gasteiger partial charge in [-0.1, -0.05) is 42.5 Å². The van der Waals surface area contributed by atoms with Gasteiger partial charge in [-0.15, -0.1) is 0 Å². The molecule has 0 amide bonds. The summed E-state index contributed by atoms with van der Waals surface area (Å²) in [7, 11) is 0. The van der Waals surface area contributed by atoms with E-state index in [0.717, 1.165) is 19.3 Å². The molecule has 108 valence electrons. The van der Waals surface area contributed by atoms with Crippen LogP contribution in [0.15, 0.2) is 48.5 Å². The van der Waals surface area contributed by atoms with Gasteiger partial charge in [-0.05, 0) is 47.9 Å². The van der Waals surface area contributed by atoms with Gasteiger partial charge in [-0.2, -0.15) is 0 Å². The third-order valence-corrected chi connectivity index (χ3v) is 4.31. The Hall–Kier alpha value is -1.96. The molecule has 0 saturated heterocycles. The molecule has 2 heteroatoms. The number of ketones is 1. The van der Waals surface area contributed by atoms with E-state index in [-0.39, 0.29) is 18.0 Å². The Balaban J connectivity index is 1.70. The van der Waals surface area contributed by atoms with Crippen molar-refractivity contribution in [2.45, 2.75) is 38.0 Å². The number of hydrogen-bond acceptors (Lipinski definition) is 1. The lowest BCUT2D eigenvalue weighted by molar-refractivity contribution is -0.118. The van der Waals surface area contributed by atoms with Crippen molar-refractivity contribution >= 4 is 5.78 Å². The quantitative estimate of drug-likeness (QED) is 0.810. The summed E-state index contributed by atoms with van der Waals surface area (Å²) in [4.78, 5) is 12.3. The van der Waals surface area contributed by atoms with Crippen molar-refractivity contribution in [2.75, 3.05) is 0 Å². The molecule has 1 aliphatic rings. The Bertz CT molecular complexity index is 648. The van der Waals surface area contributed by atoms with Gasteiger partial charge in [-0.25, -0.2) is 4.39 Å². The van der Waals surface area contributed by atoms with Crippen LogP contribution in [0.25, 0.3) is 0 Å². The van der Waals surface area contributed by atoms with Crippen LogP contribution in [0.1, 0.15) is 41.9 Å².